The molecule has 4 N–H and O–H groups in total. The first-order chi connectivity index (χ1) is 18.1. The summed E-state index contributed by atoms with van der Waals surface area (Å²) in [5.74, 6) is 0.570. The minimum Gasteiger partial charge on any atom is -0.383 e. The molecule has 0 radical (unpaired) electrons. The number of pyridine rings is 1. The number of hydrogen-bond donors (Lipinski definition) is 4. The van der Waals surface area contributed by atoms with Gasteiger partial charge in [0.25, 0.3) is 0 Å². The molecule has 7 nitrogen and oxygen atoms in total. The topological polar surface area (TPSA) is 88.0 Å². The fourth-order valence-corrected chi connectivity index (χ4v) is 5.86. The fourth-order valence-electron chi connectivity index (χ4n) is 5.59. The first-order valence-corrected chi connectivity index (χ1v) is 13.3. The summed E-state index contributed by atoms with van der Waals surface area (Å²) < 4.78 is 13.8. The molecule has 3 aromatic rings. The maximum absolute atomic E-state index is 13.8. The fraction of sp³-hybridized carbons (Fsp3) is 0.379. The van der Waals surface area contributed by atoms with Crippen molar-refractivity contribution in [2.45, 2.75) is 51.6 Å². The van der Waals surface area contributed by atoms with Crippen LogP contribution in [0.25, 0.3) is 10.9 Å². The number of nitrogens with zero attached hydrogens (tertiary/aromatic N) is 3. The molecule has 3 aliphatic carbocycles. The number of aromatic nitrogens is 1. The van der Waals surface area contributed by atoms with Crippen LogP contribution < -0.4 is 21.6 Å². The van der Waals surface area contributed by atoms with Crippen molar-refractivity contribution in [1.29, 1.82) is 5.26 Å². The summed E-state index contributed by atoms with van der Waals surface area (Å²) in [5, 5.41) is 20.3. The summed E-state index contributed by atoms with van der Waals surface area (Å²) in [6, 6.07) is 12.3. The van der Waals surface area contributed by atoms with Crippen LogP contribution in [0.15, 0.2) is 54.5 Å². The Morgan fingerprint density at radius 1 is 1.24 bits per heavy atom. The Morgan fingerprint density at radius 3 is 2.61 bits per heavy atom. The second-order valence-corrected chi connectivity index (χ2v) is 12.4. The van der Waals surface area contributed by atoms with Gasteiger partial charge in [0.05, 0.1) is 39.1 Å². The van der Waals surface area contributed by atoms with Gasteiger partial charge in [-0.1, -0.05) is 44.5 Å². The summed E-state index contributed by atoms with van der Waals surface area (Å²) in [6.45, 7) is 7.08. The molecule has 2 aromatic carbocycles. The molecule has 0 saturated heterocycles. The van der Waals surface area contributed by atoms with Crippen LogP contribution >= 0.6 is 11.6 Å². The standard InChI is InChI=1S/C29H31ClFN7/c1-28(2,3)16-34-25-19(13-32)14-33-27-22(25)8-21(9-23(27)30)35-26(18-4-6-20(31)7-5-18)24-15-38(37-36-24)29-10-17(11-29)12-29/h4-9,14-15,17,26,35-37H,10-12,16H2,1-3H3,(H,33,34)/t17?,26-,29?/m0/s1. The van der Waals surface area contributed by atoms with Gasteiger partial charge in [0.1, 0.15) is 11.9 Å². The highest BCUT2D eigenvalue weighted by atomic mass is 35.5. The molecule has 1 atom stereocenters. The molecule has 4 aliphatic rings. The third-order valence-corrected chi connectivity index (χ3v) is 8.06. The zero-order valence-electron chi connectivity index (χ0n) is 21.7. The Kier molecular flexibility index (Phi) is 5.89. The van der Waals surface area contributed by atoms with E-state index in [4.69, 9.17) is 11.6 Å². The minimum absolute atomic E-state index is 0.00946. The summed E-state index contributed by atoms with van der Waals surface area (Å²) >= 11 is 6.73. The van der Waals surface area contributed by atoms with Crippen LogP contribution in [-0.2, 0) is 0 Å². The van der Waals surface area contributed by atoms with E-state index in [1.165, 1.54) is 31.4 Å². The molecule has 0 unspecified atom stereocenters. The number of hydrogen-bond acceptors (Lipinski definition) is 7. The molecule has 1 aromatic heterocycles. The number of nitrogens with one attached hydrogen (secondary N) is 4. The van der Waals surface area contributed by atoms with Crippen LogP contribution in [0.4, 0.5) is 15.8 Å². The molecule has 1 aliphatic heterocycles. The van der Waals surface area contributed by atoms with E-state index >= 15 is 0 Å². The van der Waals surface area contributed by atoms with Crippen molar-refractivity contribution in [3.63, 3.8) is 0 Å². The largest absolute Gasteiger partial charge is 0.383 e. The second kappa shape index (κ2) is 9.04. The molecule has 3 fully saturated rings. The zero-order chi connectivity index (χ0) is 26.7. The highest BCUT2D eigenvalue weighted by Gasteiger charge is 2.60. The number of anilines is 2. The van der Waals surface area contributed by atoms with Crippen molar-refractivity contribution in [2.24, 2.45) is 11.3 Å². The Balaban J connectivity index is 1.38. The van der Waals surface area contributed by atoms with E-state index in [1.807, 2.05) is 12.1 Å². The van der Waals surface area contributed by atoms with Crippen LogP contribution in [0.3, 0.4) is 0 Å². The van der Waals surface area contributed by atoms with E-state index in [-0.39, 0.29) is 22.8 Å². The monoisotopic (exact) mass is 531 g/mol. The average molecular weight is 532 g/mol. The first kappa shape index (κ1) is 24.8. The normalized spacial score (nSPS) is 22.6. The van der Waals surface area contributed by atoms with Gasteiger partial charge in [-0.3, -0.25) is 9.99 Å². The molecule has 2 bridgehead atoms. The van der Waals surface area contributed by atoms with Gasteiger partial charge in [0, 0.05) is 30.0 Å². The van der Waals surface area contributed by atoms with Gasteiger partial charge in [-0.05, 0) is 60.4 Å². The molecule has 0 amide bonds. The molecule has 196 valence electrons. The van der Waals surface area contributed by atoms with Gasteiger partial charge >= 0.3 is 0 Å². The number of fused-ring (bicyclic) bond motifs is 1. The quantitative estimate of drug-likeness (QED) is 0.287. The van der Waals surface area contributed by atoms with Gasteiger partial charge in [0.2, 0.25) is 0 Å². The maximum atomic E-state index is 13.8. The number of benzene rings is 2. The molecule has 2 heterocycles. The van der Waals surface area contributed by atoms with Crippen molar-refractivity contribution in [3.05, 3.63) is 76.5 Å². The van der Waals surface area contributed by atoms with E-state index in [0.29, 0.717) is 28.3 Å². The van der Waals surface area contributed by atoms with Crippen LogP contribution in [0.2, 0.25) is 5.02 Å². The minimum atomic E-state index is -0.299. The highest BCUT2D eigenvalue weighted by molar-refractivity contribution is 6.35. The Hall–Kier alpha value is -3.54. The highest BCUT2D eigenvalue weighted by Crippen LogP contribution is 2.60. The van der Waals surface area contributed by atoms with Crippen LogP contribution in [-0.4, -0.2) is 22.1 Å². The predicted molar refractivity (Wildman–Crippen MR) is 148 cm³/mol. The number of rotatable bonds is 7. The van der Waals surface area contributed by atoms with Gasteiger partial charge in [0.15, 0.2) is 0 Å². The number of halogens is 2. The lowest BCUT2D eigenvalue weighted by Crippen LogP contribution is -2.69. The molecular formula is C29H31ClFN7. The second-order valence-electron chi connectivity index (χ2n) is 12.0. The summed E-state index contributed by atoms with van der Waals surface area (Å²) in [7, 11) is 0. The zero-order valence-corrected chi connectivity index (χ0v) is 22.5. The Labute approximate surface area is 227 Å². The van der Waals surface area contributed by atoms with Gasteiger partial charge in [-0.25, -0.2) is 4.39 Å². The maximum Gasteiger partial charge on any atom is 0.123 e. The number of nitriles is 1. The van der Waals surface area contributed by atoms with Crippen molar-refractivity contribution in [2.75, 3.05) is 17.2 Å². The lowest BCUT2D eigenvalue weighted by Gasteiger charge is -2.64. The van der Waals surface area contributed by atoms with Crippen molar-refractivity contribution >= 4 is 33.9 Å². The van der Waals surface area contributed by atoms with Gasteiger partial charge < -0.3 is 16.1 Å². The smallest absolute Gasteiger partial charge is 0.123 e. The molecule has 9 heteroatoms. The average Bonchev–Trinajstić information content (AvgIpc) is 3.28. The van der Waals surface area contributed by atoms with Gasteiger partial charge in [-0.15, -0.1) is 5.53 Å². The van der Waals surface area contributed by atoms with Crippen molar-refractivity contribution in [1.82, 2.24) is 21.0 Å². The van der Waals surface area contributed by atoms with E-state index < -0.39 is 0 Å². The van der Waals surface area contributed by atoms with Crippen LogP contribution in [0, 0.1) is 28.5 Å². The lowest BCUT2D eigenvalue weighted by atomic mass is 9.49. The Bertz CT molecular complexity index is 1450. The molecule has 0 spiro atoms. The third kappa shape index (κ3) is 4.40. The SMILES string of the molecule is CC(C)(C)CNc1c(C#N)cnc2c(Cl)cc(N[C@H](C3=CN(C45CC(C4)C5)NN3)c3ccc(F)cc3)cc12. The summed E-state index contributed by atoms with van der Waals surface area (Å²) in [5.41, 5.74) is 11.3. The van der Waals surface area contributed by atoms with Crippen LogP contribution in [0.1, 0.15) is 57.2 Å². The summed E-state index contributed by atoms with van der Waals surface area (Å²) in [4.78, 5) is 4.48. The molecular weight excluding hydrogens is 501 g/mol. The van der Waals surface area contributed by atoms with Crippen molar-refractivity contribution < 1.29 is 4.39 Å². The van der Waals surface area contributed by atoms with E-state index in [2.05, 4.69) is 64.6 Å². The van der Waals surface area contributed by atoms with Gasteiger partial charge in [-0.2, -0.15) is 5.26 Å². The van der Waals surface area contributed by atoms with E-state index in [0.717, 1.165) is 28.3 Å². The van der Waals surface area contributed by atoms with Crippen LogP contribution in [0.5, 0.6) is 0 Å². The predicted octanol–water partition coefficient (Wildman–Crippen LogP) is 6.23. The van der Waals surface area contributed by atoms with Crippen molar-refractivity contribution in [3.8, 4) is 6.07 Å². The van der Waals surface area contributed by atoms with E-state index in [1.54, 1.807) is 18.3 Å². The molecule has 3 saturated carbocycles. The summed E-state index contributed by atoms with van der Waals surface area (Å²) in [6.07, 6.45) is 7.30. The lowest BCUT2D eigenvalue weighted by molar-refractivity contribution is -0.141. The Morgan fingerprint density at radius 2 is 1.97 bits per heavy atom. The number of hydrazine groups is 2. The third-order valence-electron chi connectivity index (χ3n) is 7.77. The molecule has 7 rings (SSSR count). The first-order valence-electron chi connectivity index (χ1n) is 13.0. The van der Waals surface area contributed by atoms with E-state index in [9.17, 15) is 9.65 Å². The molecule has 38 heavy (non-hydrogen) atoms.